The molecule has 98 valence electrons. The molecule has 0 aliphatic heterocycles. The molecule has 1 aromatic rings. The Hall–Kier alpha value is -1.07. The van der Waals surface area contributed by atoms with E-state index in [9.17, 15) is 0 Å². The van der Waals surface area contributed by atoms with Gasteiger partial charge in [0.1, 0.15) is 0 Å². The highest BCUT2D eigenvalue weighted by Gasteiger charge is 2.08. The zero-order valence-corrected chi connectivity index (χ0v) is 11.3. The van der Waals surface area contributed by atoms with Gasteiger partial charge in [-0.15, -0.1) is 0 Å². The lowest BCUT2D eigenvalue weighted by Gasteiger charge is -2.21. The second kappa shape index (κ2) is 7.29. The molecule has 0 saturated carbocycles. The van der Waals surface area contributed by atoms with E-state index < -0.39 is 0 Å². The Morgan fingerprint density at radius 2 is 2.29 bits per heavy atom. The molecule has 0 fully saturated rings. The number of methoxy groups -OCH3 is 1. The molecule has 0 amide bonds. The van der Waals surface area contributed by atoms with Crippen LogP contribution in [0, 0.1) is 0 Å². The number of rotatable bonds is 8. The molecule has 0 aliphatic carbocycles. The van der Waals surface area contributed by atoms with E-state index in [0.717, 1.165) is 32.1 Å². The van der Waals surface area contributed by atoms with Crippen molar-refractivity contribution in [3.8, 4) is 0 Å². The molecule has 0 spiro atoms. The largest absolute Gasteiger partial charge is 0.385 e. The number of likely N-dealkylation sites (N-methyl/N-ethyl adjacent to an activating group) is 1. The van der Waals surface area contributed by atoms with Crippen LogP contribution < -0.4 is 5.32 Å². The highest BCUT2D eigenvalue weighted by Crippen LogP contribution is 2.07. The molecule has 1 N–H and O–H groups in total. The fraction of sp³-hybridized carbons (Fsp3) is 0.750. The maximum Gasteiger partial charge on any atom is 0.202 e. The summed E-state index contributed by atoms with van der Waals surface area (Å²) in [5.41, 5.74) is 0. The molecule has 0 saturated heterocycles. The maximum absolute atomic E-state index is 5.01. The van der Waals surface area contributed by atoms with Crippen molar-refractivity contribution in [1.29, 1.82) is 0 Å². The SMILES string of the molecule is COCCCNc1nccn1CC(C)N(C)C. The van der Waals surface area contributed by atoms with Crippen LogP contribution in [0.15, 0.2) is 12.4 Å². The van der Waals surface area contributed by atoms with Crippen LogP contribution in [0.5, 0.6) is 0 Å². The molecule has 1 atom stereocenters. The summed E-state index contributed by atoms with van der Waals surface area (Å²) in [6.45, 7) is 4.82. The fourth-order valence-electron chi connectivity index (χ4n) is 1.49. The summed E-state index contributed by atoms with van der Waals surface area (Å²) in [7, 11) is 5.90. The van der Waals surface area contributed by atoms with Crippen molar-refractivity contribution in [1.82, 2.24) is 14.5 Å². The molecule has 17 heavy (non-hydrogen) atoms. The zero-order valence-electron chi connectivity index (χ0n) is 11.3. The van der Waals surface area contributed by atoms with E-state index in [2.05, 4.69) is 40.8 Å². The van der Waals surface area contributed by atoms with E-state index in [0.29, 0.717) is 6.04 Å². The van der Waals surface area contributed by atoms with Gasteiger partial charge < -0.3 is 19.5 Å². The molecule has 1 aromatic heterocycles. The highest BCUT2D eigenvalue weighted by molar-refractivity contribution is 5.25. The van der Waals surface area contributed by atoms with Gasteiger partial charge in [-0.1, -0.05) is 0 Å². The third kappa shape index (κ3) is 4.75. The Labute approximate surface area is 104 Å². The Morgan fingerprint density at radius 1 is 1.53 bits per heavy atom. The summed E-state index contributed by atoms with van der Waals surface area (Å²) in [4.78, 5) is 6.52. The van der Waals surface area contributed by atoms with E-state index in [1.54, 1.807) is 7.11 Å². The van der Waals surface area contributed by atoms with E-state index in [1.165, 1.54) is 0 Å². The van der Waals surface area contributed by atoms with Crippen LogP contribution in [0.1, 0.15) is 13.3 Å². The van der Waals surface area contributed by atoms with Crippen molar-refractivity contribution in [2.24, 2.45) is 0 Å². The number of aromatic nitrogens is 2. The molecular formula is C12H24N4O. The zero-order chi connectivity index (χ0) is 12.7. The van der Waals surface area contributed by atoms with Gasteiger partial charge in [-0.05, 0) is 27.4 Å². The quantitative estimate of drug-likeness (QED) is 0.695. The van der Waals surface area contributed by atoms with Gasteiger partial charge in [0.2, 0.25) is 5.95 Å². The smallest absolute Gasteiger partial charge is 0.202 e. The first-order valence-corrected chi connectivity index (χ1v) is 6.05. The minimum atomic E-state index is 0.490. The molecule has 0 radical (unpaired) electrons. The summed E-state index contributed by atoms with van der Waals surface area (Å²) >= 11 is 0. The van der Waals surface area contributed by atoms with Gasteiger partial charge in [-0.25, -0.2) is 4.98 Å². The Morgan fingerprint density at radius 3 is 2.94 bits per heavy atom. The van der Waals surface area contributed by atoms with Crippen LogP contribution >= 0.6 is 0 Å². The summed E-state index contributed by atoms with van der Waals surface area (Å²) < 4.78 is 7.16. The number of anilines is 1. The molecule has 5 heteroatoms. The predicted octanol–water partition coefficient (Wildman–Crippen LogP) is 1.28. The fourth-order valence-corrected chi connectivity index (χ4v) is 1.49. The second-order valence-electron chi connectivity index (χ2n) is 4.49. The topological polar surface area (TPSA) is 42.3 Å². The molecule has 1 heterocycles. The average Bonchev–Trinajstić information content (AvgIpc) is 2.72. The first-order valence-electron chi connectivity index (χ1n) is 6.05. The lowest BCUT2D eigenvalue weighted by atomic mass is 10.3. The average molecular weight is 240 g/mol. The van der Waals surface area contributed by atoms with E-state index in [1.807, 2.05) is 12.4 Å². The Kier molecular flexibility index (Phi) is 6.00. The molecule has 5 nitrogen and oxygen atoms in total. The number of nitrogens with one attached hydrogen (secondary N) is 1. The molecule has 0 aromatic carbocycles. The molecular weight excluding hydrogens is 216 g/mol. The monoisotopic (exact) mass is 240 g/mol. The van der Waals surface area contributed by atoms with Crippen LogP contribution in [-0.4, -0.2) is 54.8 Å². The molecule has 1 unspecified atom stereocenters. The van der Waals surface area contributed by atoms with Crippen molar-refractivity contribution in [3.05, 3.63) is 12.4 Å². The number of hydrogen-bond acceptors (Lipinski definition) is 4. The van der Waals surface area contributed by atoms with Gasteiger partial charge in [0.15, 0.2) is 0 Å². The van der Waals surface area contributed by atoms with Gasteiger partial charge >= 0.3 is 0 Å². The van der Waals surface area contributed by atoms with Crippen LogP contribution in [0.2, 0.25) is 0 Å². The Balaban J connectivity index is 2.42. The maximum atomic E-state index is 5.01. The van der Waals surface area contributed by atoms with E-state index in [4.69, 9.17) is 4.74 Å². The van der Waals surface area contributed by atoms with Crippen molar-refractivity contribution in [2.45, 2.75) is 25.9 Å². The van der Waals surface area contributed by atoms with Crippen molar-refractivity contribution >= 4 is 5.95 Å². The number of imidazole rings is 1. The van der Waals surface area contributed by atoms with Gasteiger partial charge in [-0.3, -0.25) is 0 Å². The summed E-state index contributed by atoms with van der Waals surface area (Å²) in [5, 5.41) is 3.33. The first kappa shape index (κ1) is 14.0. The first-order chi connectivity index (χ1) is 8.15. The van der Waals surface area contributed by atoms with Gasteiger partial charge in [-0.2, -0.15) is 0 Å². The van der Waals surface area contributed by atoms with Gasteiger partial charge in [0.25, 0.3) is 0 Å². The number of ether oxygens (including phenoxy) is 1. The van der Waals surface area contributed by atoms with E-state index >= 15 is 0 Å². The molecule has 0 bridgehead atoms. The van der Waals surface area contributed by atoms with Crippen molar-refractivity contribution in [3.63, 3.8) is 0 Å². The predicted molar refractivity (Wildman–Crippen MR) is 70.4 cm³/mol. The molecule has 0 aliphatic rings. The Bertz CT molecular complexity index is 311. The minimum absolute atomic E-state index is 0.490. The van der Waals surface area contributed by atoms with Crippen molar-refractivity contribution < 1.29 is 4.74 Å². The van der Waals surface area contributed by atoms with Gasteiger partial charge in [0.05, 0.1) is 0 Å². The number of hydrogen-bond donors (Lipinski definition) is 1. The third-order valence-corrected chi connectivity index (χ3v) is 2.87. The van der Waals surface area contributed by atoms with E-state index in [-0.39, 0.29) is 0 Å². The van der Waals surface area contributed by atoms with Crippen LogP contribution in [-0.2, 0) is 11.3 Å². The lowest BCUT2D eigenvalue weighted by molar-refractivity contribution is 0.197. The van der Waals surface area contributed by atoms with Crippen LogP contribution in [0.3, 0.4) is 0 Å². The standard InChI is InChI=1S/C12H24N4O/c1-11(15(2)3)10-16-8-7-14-12(16)13-6-5-9-17-4/h7-8,11H,5-6,9-10H2,1-4H3,(H,13,14). The third-order valence-electron chi connectivity index (χ3n) is 2.87. The van der Waals surface area contributed by atoms with Crippen LogP contribution in [0.4, 0.5) is 5.95 Å². The van der Waals surface area contributed by atoms with Crippen molar-refractivity contribution in [2.75, 3.05) is 39.7 Å². The highest BCUT2D eigenvalue weighted by atomic mass is 16.5. The van der Waals surface area contributed by atoms with Gasteiger partial charge in [0, 0.05) is 45.2 Å². The minimum Gasteiger partial charge on any atom is -0.385 e. The summed E-state index contributed by atoms with van der Waals surface area (Å²) in [6.07, 6.45) is 4.84. The summed E-state index contributed by atoms with van der Waals surface area (Å²) in [6, 6.07) is 0.490. The summed E-state index contributed by atoms with van der Waals surface area (Å²) in [5.74, 6) is 0.940. The molecule has 1 rings (SSSR count). The normalized spacial score (nSPS) is 13.0. The second-order valence-corrected chi connectivity index (χ2v) is 4.49. The lowest BCUT2D eigenvalue weighted by Crippen LogP contribution is -2.29. The van der Waals surface area contributed by atoms with Crippen LogP contribution in [0.25, 0.3) is 0 Å². The number of nitrogens with zero attached hydrogens (tertiary/aromatic N) is 3.